The molecule has 23 heavy (non-hydrogen) atoms. The second-order valence-corrected chi connectivity index (χ2v) is 7.50. The molecule has 2 aromatic rings. The van der Waals surface area contributed by atoms with Gasteiger partial charge in [0.2, 0.25) is 0 Å². The summed E-state index contributed by atoms with van der Waals surface area (Å²) in [5.41, 5.74) is 1.67. The van der Waals surface area contributed by atoms with Crippen molar-refractivity contribution in [3.8, 4) is 0 Å². The Kier molecular flexibility index (Phi) is 5.20. The van der Waals surface area contributed by atoms with Crippen LogP contribution in [0.1, 0.15) is 48.2 Å². The van der Waals surface area contributed by atoms with Crippen LogP contribution < -0.4 is 0 Å². The summed E-state index contributed by atoms with van der Waals surface area (Å²) in [6.07, 6.45) is 0.666. The first-order valence-corrected chi connectivity index (χ1v) is 9.23. The van der Waals surface area contributed by atoms with Gasteiger partial charge in [-0.05, 0) is 18.4 Å². The van der Waals surface area contributed by atoms with Gasteiger partial charge in [0.05, 0.1) is 5.16 Å². The van der Waals surface area contributed by atoms with Crippen LogP contribution in [0.2, 0.25) is 0 Å². The number of hydrogen-bond donors (Lipinski definition) is 2. The van der Waals surface area contributed by atoms with Gasteiger partial charge >= 0.3 is 7.60 Å². The molecular weight excluding hydrogens is 311 g/mol. The van der Waals surface area contributed by atoms with Crippen LogP contribution in [0.4, 0.5) is 0 Å². The van der Waals surface area contributed by atoms with E-state index in [-0.39, 0.29) is 5.78 Å². The van der Waals surface area contributed by atoms with Gasteiger partial charge in [0.25, 0.3) is 0 Å². The maximum Gasteiger partial charge on any atom is 0.335 e. The maximum absolute atomic E-state index is 12.4. The molecule has 0 saturated carbocycles. The van der Waals surface area contributed by atoms with Crippen molar-refractivity contribution in [1.82, 2.24) is 0 Å². The Hall–Kier alpha value is -1.74. The van der Waals surface area contributed by atoms with Gasteiger partial charge in [-0.25, -0.2) is 0 Å². The van der Waals surface area contributed by atoms with Crippen LogP contribution in [0.15, 0.2) is 54.6 Å². The first-order valence-electron chi connectivity index (χ1n) is 7.61. The lowest BCUT2D eigenvalue weighted by atomic mass is 9.91. The topological polar surface area (TPSA) is 74.6 Å². The summed E-state index contributed by atoms with van der Waals surface area (Å²) in [5.74, 6) is -0.105. The summed E-state index contributed by atoms with van der Waals surface area (Å²) in [5, 5.41) is -1.19. The SMILES string of the molecule is CCC(CC)(c1ccc(C(=O)c2ccccc2)cc1)P(=O)(O)O. The molecule has 0 unspecified atom stereocenters. The molecule has 0 bridgehead atoms. The minimum Gasteiger partial charge on any atom is -0.324 e. The fourth-order valence-electron chi connectivity index (χ4n) is 2.93. The number of ketones is 1. The Morgan fingerprint density at radius 2 is 1.39 bits per heavy atom. The highest BCUT2D eigenvalue weighted by Gasteiger charge is 2.45. The second kappa shape index (κ2) is 6.79. The number of benzene rings is 2. The number of hydrogen-bond acceptors (Lipinski definition) is 2. The summed E-state index contributed by atoms with van der Waals surface area (Å²) >= 11 is 0. The first-order chi connectivity index (χ1) is 10.9. The Morgan fingerprint density at radius 3 is 1.83 bits per heavy atom. The van der Waals surface area contributed by atoms with Gasteiger partial charge < -0.3 is 9.79 Å². The quantitative estimate of drug-likeness (QED) is 0.616. The lowest BCUT2D eigenvalue weighted by Gasteiger charge is -2.32. The van der Waals surface area contributed by atoms with Crippen molar-refractivity contribution in [2.45, 2.75) is 31.8 Å². The van der Waals surface area contributed by atoms with Crippen LogP contribution in [-0.2, 0) is 9.72 Å². The summed E-state index contributed by atoms with van der Waals surface area (Å²) in [4.78, 5) is 32.0. The molecule has 4 nitrogen and oxygen atoms in total. The lowest BCUT2D eigenvalue weighted by molar-refractivity contribution is 0.103. The molecule has 0 spiro atoms. The Labute approximate surface area is 136 Å². The average molecular weight is 332 g/mol. The fourth-order valence-corrected chi connectivity index (χ4v) is 4.24. The predicted molar refractivity (Wildman–Crippen MR) is 90.6 cm³/mol. The van der Waals surface area contributed by atoms with Crippen molar-refractivity contribution in [3.05, 3.63) is 71.3 Å². The van der Waals surface area contributed by atoms with E-state index in [9.17, 15) is 19.1 Å². The van der Waals surface area contributed by atoms with E-state index in [1.807, 2.05) is 6.07 Å². The molecule has 0 atom stereocenters. The highest BCUT2D eigenvalue weighted by atomic mass is 31.2. The maximum atomic E-state index is 12.4. The first kappa shape index (κ1) is 17.6. The van der Waals surface area contributed by atoms with Crippen molar-refractivity contribution < 1.29 is 19.1 Å². The number of carbonyl (C=O) groups is 1. The van der Waals surface area contributed by atoms with Gasteiger partial charge in [0, 0.05) is 11.1 Å². The standard InChI is InChI=1S/C18H21O4P/c1-3-18(4-2,23(20,21)22)16-12-10-15(11-13-16)17(19)14-8-6-5-7-9-14/h5-13H,3-4H2,1-2H3,(H2,20,21,22). The molecule has 2 rings (SSSR count). The molecule has 2 N–H and O–H groups in total. The molecule has 0 saturated heterocycles. The van der Waals surface area contributed by atoms with E-state index in [1.165, 1.54) is 0 Å². The molecule has 0 aromatic heterocycles. The smallest absolute Gasteiger partial charge is 0.324 e. The average Bonchev–Trinajstić information content (AvgIpc) is 2.56. The van der Waals surface area contributed by atoms with E-state index in [1.54, 1.807) is 62.4 Å². The van der Waals surface area contributed by atoms with Crippen molar-refractivity contribution in [2.75, 3.05) is 0 Å². The Bertz CT molecular complexity index is 712. The molecule has 0 aliphatic carbocycles. The number of rotatable bonds is 6. The summed E-state index contributed by atoms with van der Waals surface area (Å²) in [6, 6.07) is 15.5. The summed E-state index contributed by atoms with van der Waals surface area (Å²) in [6.45, 7) is 3.54. The van der Waals surface area contributed by atoms with Gasteiger partial charge in [-0.15, -0.1) is 0 Å². The van der Waals surface area contributed by atoms with Crippen LogP contribution in [0.5, 0.6) is 0 Å². The third-order valence-electron chi connectivity index (χ3n) is 4.45. The second-order valence-electron chi connectivity index (χ2n) is 5.56. The van der Waals surface area contributed by atoms with Gasteiger partial charge in [-0.1, -0.05) is 68.4 Å². The molecule has 0 aliphatic heterocycles. The molecule has 0 aliphatic rings. The molecule has 5 heteroatoms. The molecule has 0 fully saturated rings. The van der Waals surface area contributed by atoms with Gasteiger partial charge in [-0.3, -0.25) is 9.36 Å². The van der Waals surface area contributed by atoms with Crippen LogP contribution in [0.25, 0.3) is 0 Å². The fraction of sp³-hybridized carbons (Fsp3) is 0.278. The molecule has 0 radical (unpaired) electrons. The molecular formula is C18H21O4P. The minimum absolute atomic E-state index is 0.105. The molecule has 0 amide bonds. The summed E-state index contributed by atoms with van der Waals surface area (Å²) in [7, 11) is -4.31. The van der Waals surface area contributed by atoms with Crippen molar-refractivity contribution in [3.63, 3.8) is 0 Å². The zero-order valence-electron chi connectivity index (χ0n) is 13.3. The van der Waals surface area contributed by atoms with Gasteiger partial charge in [-0.2, -0.15) is 0 Å². The molecule has 0 heterocycles. The van der Waals surface area contributed by atoms with E-state index in [4.69, 9.17) is 0 Å². The Morgan fingerprint density at radius 1 is 0.913 bits per heavy atom. The monoisotopic (exact) mass is 332 g/mol. The van der Waals surface area contributed by atoms with Crippen LogP contribution in [0, 0.1) is 0 Å². The van der Waals surface area contributed by atoms with Crippen LogP contribution in [0.3, 0.4) is 0 Å². The number of carbonyl (C=O) groups excluding carboxylic acids is 1. The van der Waals surface area contributed by atoms with E-state index >= 15 is 0 Å². The summed E-state index contributed by atoms with van der Waals surface area (Å²) < 4.78 is 12.0. The largest absolute Gasteiger partial charge is 0.335 e. The van der Waals surface area contributed by atoms with Crippen molar-refractivity contribution in [1.29, 1.82) is 0 Å². The van der Waals surface area contributed by atoms with Gasteiger partial charge in [0.15, 0.2) is 5.78 Å². The highest BCUT2D eigenvalue weighted by Crippen LogP contribution is 2.60. The van der Waals surface area contributed by atoms with E-state index in [2.05, 4.69) is 0 Å². The molecule has 122 valence electrons. The van der Waals surface area contributed by atoms with Crippen LogP contribution >= 0.6 is 7.60 Å². The van der Waals surface area contributed by atoms with E-state index < -0.39 is 12.8 Å². The lowest BCUT2D eigenvalue weighted by Crippen LogP contribution is -2.24. The van der Waals surface area contributed by atoms with Crippen molar-refractivity contribution >= 4 is 13.4 Å². The normalized spacial score (nSPS) is 12.2. The molecule has 2 aromatic carbocycles. The third-order valence-corrected chi connectivity index (χ3v) is 6.45. The zero-order chi connectivity index (χ0) is 17.1. The zero-order valence-corrected chi connectivity index (χ0v) is 14.2. The predicted octanol–water partition coefficient (Wildman–Crippen LogP) is 4.11. The minimum atomic E-state index is -4.31. The van der Waals surface area contributed by atoms with E-state index in [0.29, 0.717) is 29.5 Å². The van der Waals surface area contributed by atoms with Crippen molar-refractivity contribution in [2.24, 2.45) is 0 Å². The van der Waals surface area contributed by atoms with Gasteiger partial charge in [0.1, 0.15) is 0 Å². The third kappa shape index (κ3) is 3.30. The Balaban J connectivity index is 2.39. The van der Waals surface area contributed by atoms with E-state index in [0.717, 1.165) is 0 Å². The highest BCUT2D eigenvalue weighted by molar-refractivity contribution is 7.53. The van der Waals surface area contributed by atoms with Crippen LogP contribution in [-0.4, -0.2) is 15.6 Å².